The van der Waals surface area contributed by atoms with Crippen molar-refractivity contribution in [1.82, 2.24) is 4.90 Å². The summed E-state index contributed by atoms with van der Waals surface area (Å²) in [6.07, 6.45) is 3.38. The average molecular weight is 261 g/mol. The van der Waals surface area contributed by atoms with Gasteiger partial charge in [0.25, 0.3) is 0 Å². The molecule has 0 bridgehead atoms. The molecule has 0 saturated carbocycles. The molecule has 2 unspecified atom stereocenters. The molecule has 2 atom stereocenters. The zero-order valence-electron chi connectivity index (χ0n) is 11.9. The van der Waals surface area contributed by atoms with E-state index >= 15 is 0 Å². The highest BCUT2D eigenvalue weighted by Gasteiger charge is 2.34. The summed E-state index contributed by atoms with van der Waals surface area (Å²) in [6, 6.07) is 4.23. The van der Waals surface area contributed by atoms with E-state index in [2.05, 4.69) is 24.8 Å². The van der Waals surface area contributed by atoms with Gasteiger partial charge in [-0.15, -0.1) is 0 Å². The van der Waals surface area contributed by atoms with Crippen molar-refractivity contribution in [3.8, 4) is 5.75 Å². The number of aliphatic hydroxyl groups excluding tert-OH is 1. The number of ether oxygens (including phenoxy) is 1. The van der Waals surface area contributed by atoms with E-state index in [9.17, 15) is 5.11 Å². The Bertz CT molecular complexity index is 466. The number of piperidine rings is 1. The Morgan fingerprint density at radius 2 is 1.89 bits per heavy atom. The number of aryl methyl sites for hydroxylation is 1. The van der Waals surface area contributed by atoms with Crippen LogP contribution in [0, 0.1) is 13.8 Å². The molecule has 3 heteroatoms. The van der Waals surface area contributed by atoms with Gasteiger partial charge in [-0.1, -0.05) is 18.6 Å². The summed E-state index contributed by atoms with van der Waals surface area (Å²) in [6.45, 7) is 6.94. The molecular weight excluding hydrogens is 238 g/mol. The van der Waals surface area contributed by atoms with Crippen LogP contribution in [0.1, 0.15) is 42.1 Å². The highest BCUT2D eigenvalue weighted by molar-refractivity contribution is 5.48. The molecule has 104 valence electrons. The predicted octanol–water partition coefficient (Wildman–Crippen LogP) is 2.58. The van der Waals surface area contributed by atoms with Crippen LogP contribution >= 0.6 is 0 Å². The lowest BCUT2D eigenvalue weighted by molar-refractivity contribution is -0.00464. The Kier molecular flexibility index (Phi) is 3.50. The highest BCUT2D eigenvalue weighted by Crippen LogP contribution is 2.38. The van der Waals surface area contributed by atoms with Gasteiger partial charge >= 0.3 is 0 Å². The topological polar surface area (TPSA) is 32.7 Å². The molecule has 19 heavy (non-hydrogen) atoms. The fraction of sp³-hybridized carbons (Fsp3) is 0.625. The number of rotatable bonds is 1. The number of benzene rings is 1. The summed E-state index contributed by atoms with van der Waals surface area (Å²) in [4.78, 5) is 2.40. The Balaban J connectivity index is 1.87. The van der Waals surface area contributed by atoms with E-state index in [0.29, 0.717) is 6.61 Å². The van der Waals surface area contributed by atoms with E-state index in [4.69, 9.17) is 4.74 Å². The van der Waals surface area contributed by atoms with Crippen LogP contribution in [-0.2, 0) is 0 Å². The summed E-state index contributed by atoms with van der Waals surface area (Å²) in [5, 5.41) is 10.7. The Morgan fingerprint density at radius 1 is 1.16 bits per heavy atom. The summed E-state index contributed by atoms with van der Waals surface area (Å²) in [7, 11) is 0. The fourth-order valence-corrected chi connectivity index (χ4v) is 3.26. The van der Waals surface area contributed by atoms with Crippen LogP contribution in [0.4, 0.5) is 0 Å². The zero-order valence-corrected chi connectivity index (χ0v) is 11.9. The normalized spacial score (nSPS) is 27.7. The third-order valence-electron chi connectivity index (χ3n) is 4.65. The van der Waals surface area contributed by atoms with Gasteiger partial charge in [-0.3, -0.25) is 4.90 Å². The van der Waals surface area contributed by atoms with Crippen LogP contribution in [0.3, 0.4) is 0 Å². The highest BCUT2D eigenvalue weighted by atomic mass is 16.5. The lowest BCUT2D eigenvalue weighted by Gasteiger charge is -2.40. The Hall–Kier alpha value is -1.06. The molecule has 1 N–H and O–H groups in total. The van der Waals surface area contributed by atoms with E-state index in [1.165, 1.54) is 24.8 Å². The standard InChI is InChI=1S/C16H23NO2/c1-11-6-7-13-15(18)14(10-19-16(13)12(11)2)17-8-4-3-5-9-17/h6-7,14-15,18H,3-5,8-10H2,1-2H3. The van der Waals surface area contributed by atoms with Crippen molar-refractivity contribution in [1.29, 1.82) is 0 Å². The molecule has 0 spiro atoms. The first-order valence-corrected chi connectivity index (χ1v) is 7.33. The molecule has 2 aliphatic rings. The second kappa shape index (κ2) is 5.14. The van der Waals surface area contributed by atoms with Gasteiger partial charge in [0.15, 0.2) is 0 Å². The van der Waals surface area contributed by atoms with Crippen LogP contribution in [-0.4, -0.2) is 35.7 Å². The van der Waals surface area contributed by atoms with Crippen molar-refractivity contribution in [2.45, 2.75) is 45.3 Å². The summed E-state index contributed by atoms with van der Waals surface area (Å²) in [5.41, 5.74) is 3.35. The second-order valence-corrected chi connectivity index (χ2v) is 5.85. The maximum absolute atomic E-state index is 10.7. The Labute approximate surface area is 115 Å². The predicted molar refractivity (Wildman–Crippen MR) is 75.6 cm³/mol. The third kappa shape index (κ3) is 2.26. The Morgan fingerprint density at radius 3 is 2.63 bits per heavy atom. The van der Waals surface area contributed by atoms with Gasteiger partial charge in [0.2, 0.25) is 0 Å². The minimum atomic E-state index is -0.416. The summed E-state index contributed by atoms with van der Waals surface area (Å²) in [5.74, 6) is 0.903. The minimum absolute atomic E-state index is 0.120. The maximum atomic E-state index is 10.7. The fourth-order valence-electron chi connectivity index (χ4n) is 3.26. The van der Waals surface area contributed by atoms with Gasteiger partial charge in [0.1, 0.15) is 18.5 Å². The number of likely N-dealkylation sites (tertiary alicyclic amines) is 1. The zero-order chi connectivity index (χ0) is 13.4. The first kappa shape index (κ1) is 12.9. The van der Waals surface area contributed by atoms with Crippen LogP contribution in [0.2, 0.25) is 0 Å². The van der Waals surface area contributed by atoms with Crippen molar-refractivity contribution in [2.75, 3.05) is 19.7 Å². The monoisotopic (exact) mass is 261 g/mol. The molecule has 2 heterocycles. The number of aliphatic hydroxyl groups is 1. The van der Waals surface area contributed by atoms with Crippen LogP contribution in [0.5, 0.6) is 5.75 Å². The minimum Gasteiger partial charge on any atom is -0.491 e. The van der Waals surface area contributed by atoms with Crippen LogP contribution < -0.4 is 4.74 Å². The number of hydrogen-bond acceptors (Lipinski definition) is 3. The molecule has 0 aliphatic carbocycles. The molecule has 1 saturated heterocycles. The molecule has 1 fully saturated rings. The van der Waals surface area contributed by atoms with Crippen LogP contribution in [0.25, 0.3) is 0 Å². The van der Waals surface area contributed by atoms with Crippen molar-refractivity contribution in [2.24, 2.45) is 0 Å². The number of nitrogens with zero attached hydrogens (tertiary/aromatic N) is 1. The summed E-state index contributed by atoms with van der Waals surface area (Å²) < 4.78 is 5.97. The smallest absolute Gasteiger partial charge is 0.128 e. The molecule has 0 aromatic heterocycles. The molecule has 3 nitrogen and oxygen atoms in total. The van der Waals surface area contributed by atoms with E-state index in [1.54, 1.807) is 0 Å². The van der Waals surface area contributed by atoms with E-state index in [1.807, 2.05) is 6.07 Å². The third-order valence-corrected chi connectivity index (χ3v) is 4.65. The van der Waals surface area contributed by atoms with E-state index < -0.39 is 6.10 Å². The van der Waals surface area contributed by atoms with Crippen molar-refractivity contribution >= 4 is 0 Å². The largest absolute Gasteiger partial charge is 0.491 e. The van der Waals surface area contributed by atoms with Crippen LogP contribution in [0.15, 0.2) is 12.1 Å². The van der Waals surface area contributed by atoms with Crippen molar-refractivity contribution < 1.29 is 9.84 Å². The molecule has 3 rings (SSSR count). The molecule has 1 aromatic rings. The van der Waals surface area contributed by atoms with Gasteiger partial charge in [-0.2, -0.15) is 0 Å². The first-order chi connectivity index (χ1) is 9.18. The lowest BCUT2D eigenvalue weighted by Crippen LogP contribution is -2.48. The molecule has 1 aromatic carbocycles. The molecule has 2 aliphatic heterocycles. The first-order valence-electron chi connectivity index (χ1n) is 7.33. The summed E-state index contributed by atoms with van der Waals surface area (Å²) >= 11 is 0. The number of fused-ring (bicyclic) bond motifs is 1. The SMILES string of the molecule is Cc1ccc2c(c1C)OCC(N1CCCCC1)C2O. The maximum Gasteiger partial charge on any atom is 0.128 e. The van der Waals surface area contributed by atoms with Crippen molar-refractivity contribution in [3.63, 3.8) is 0 Å². The van der Waals surface area contributed by atoms with E-state index in [-0.39, 0.29) is 6.04 Å². The lowest BCUT2D eigenvalue weighted by atomic mass is 9.93. The van der Waals surface area contributed by atoms with Gasteiger partial charge in [-0.25, -0.2) is 0 Å². The van der Waals surface area contributed by atoms with Gasteiger partial charge in [0.05, 0.1) is 6.04 Å². The van der Waals surface area contributed by atoms with Gasteiger partial charge < -0.3 is 9.84 Å². The molecular formula is C16H23NO2. The quantitative estimate of drug-likeness (QED) is 0.843. The molecule has 0 amide bonds. The number of hydrogen-bond donors (Lipinski definition) is 1. The van der Waals surface area contributed by atoms with Crippen molar-refractivity contribution in [3.05, 3.63) is 28.8 Å². The van der Waals surface area contributed by atoms with E-state index in [0.717, 1.165) is 30.0 Å². The van der Waals surface area contributed by atoms with Gasteiger partial charge in [0, 0.05) is 5.56 Å². The second-order valence-electron chi connectivity index (χ2n) is 5.85. The average Bonchev–Trinajstić information content (AvgIpc) is 2.44. The molecule has 0 radical (unpaired) electrons. The van der Waals surface area contributed by atoms with Gasteiger partial charge in [-0.05, 0) is 50.9 Å².